The number of rotatable bonds is 13. The molecule has 0 bridgehead atoms. The summed E-state index contributed by atoms with van der Waals surface area (Å²) in [5.41, 5.74) is 4.29. The first kappa shape index (κ1) is 32.5. The molecule has 11 heteroatoms. The molecule has 0 saturated carbocycles. The highest BCUT2D eigenvalue weighted by atomic mass is 19.2. The third-order valence-corrected chi connectivity index (χ3v) is 6.57. The topological polar surface area (TPSA) is 128 Å². The van der Waals surface area contributed by atoms with Crippen LogP contribution < -0.4 is 5.32 Å². The van der Waals surface area contributed by atoms with E-state index in [2.05, 4.69) is 39.8 Å². The molecule has 0 aliphatic carbocycles. The van der Waals surface area contributed by atoms with E-state index in [1.54, 1.807) is 0 Å². The number of carbonyl (C=O) groups is 2. The van der Waals surface area contributed by atoms with Crippen LogP contribution in [0.5, 0.6) is 0 Å². The van der Waals surface area contributed by atoms with E-state index in [0.717, 1.165) is 54.5 Å². The summed E-state index contributed by atoms with van der Waals surface area (Å²) in [5, 5.41) is 10.2. The number of halogens is 2. The third kappa shape index (κ3) is 9.79. The zero-order chi connectivity index (χ0) is 31.2. The maximum absolute atomic E-state index is 13.4. The Morgan fingerprint density at radius 2 is 1.53 bits per heavy atom. The third-order valence-electron chi connectivity index (χ3n) is 6.57. The fourth-order valence-electron chi connectivity index (χ4n) is 4.33. The Morgan fingerprint density at radius 1 is 0.907 bits per heavy atom. The average Bonchev–Trinajstić information content (AvgIpc) is 3.47. The molecular formula is C32H31F2N3O6. The molecule has 4 rings (SSSR count). The Balaban J connectivity index is 0.00000162. The van der Waals surface area contributed by atoms with Crippen molar-refractivity contribution in [3.8, 4) is 11.1 Å². The quantitative estimate of drug-likeness (QED) is 0.137. The number of ketones is 1. The molecule has 1 heterocycles. The van der Waals surface area contributed by atoms with Crippen molar-refractivity contribution in [1.82, 2.24) is 10.2 Å². The monoisotopic (exact) mass is 591 g/mol. The van der Waals surface area contributed by atoms with Gasteiger partial charge in [0, 0.05) is 18.2 Å². The molecule has 1 aromatic heterocycles. The minimum Gasteiger partial charge on any atom is -0.466 e. The second-order valence-corrected chi connectivity index (χ2v) is 9.49. The molecule has 43 heavy (non-hydrogen) atoms. The minimum atomic E-state index is -1.02. The van der Waals surface area contributed by atoms with Crippen LogP contribution in [0.3, 0.4) is 0 Å². The Kier molecular flexibility index (Phi) is 12.4. The molecule has 0 saturated heterocycles. The van der Waals surface area contributed by atoms with Crippen LogP contribution in [-0.4, -0.2) is 34.7 Å². The molecule has 1 N–H and O–H groups in total. The second-order valence-electron chi connectivity index (χ2n) is 9.49. The highest BCUT2D eigenvalue weighted by Gasteiger charge is 2.18. The number of nitrogens with zero attached hydrogens (tertiary/aromatic N) is 2. The van der Waals surface area contributed by atoms with Gasteiger partial charge in [0.15, 0.2) is 11.6 Å². The van der Waals surface area contributed by atoms with E-state index < -0.39 is 11.6 Å². The van der Waals surface area contributed by atoms with Crippen molar-refractivity contribution in [2.24, 2.45) is 5.92 Å². The summed E-state index contributed by atoms with van der Waals surface area (Å²) in [4.78, 5) is 40.9. The summed E-state index contributed by atoms with van der Waals surface area (Å²) in [7, 11) is 0. The first-order valence-electron chi connectivity index (χ1n) is 13.7. The van der Waals surface area contributed by atoms with Gasteiger partial charge in [-0.25, -0.2) is 8.78 Å². The van der Waals surface area contributed by atoms with Gasteiger partial charge in [0.25, 0.3) is 5.89 Å². The van der Waals surface area contributed by atoms with E-state index in [1.807, 2.05) is 38.1 Å². The van der Waals surface area contributed by atoms with Crippen LogP contribution in [0.15, 0.2) is 71.1 Å². The minimum absolute atomic E-state index is 0.0458. The zero-order valence-electron chi connectivity index (χ0n) is 23.8. The van der Waals surface area contributed by atoms with E-state index >= 15 is 0 Å². The second kappa shape index (κ2) is 16.4. The van der Waals surface area contributed by atoms with Gasteiger partial charge in [-0.2, -0.15) is 9.59 Å². The Labute approximate surface area is 247 Å². The van der Waals surface area contributed by atoms with Crippen molar-refractivity contribution in [3.63, 3.8) is 0 Å². The highest BCUT2D eigenvalue weighted by Crippen LogP contribution is 2.23. The lowest BCUT2D eigenvalue weighted by Crippen LogP contribution is -2.17. The van der Waals surface area contributed by atoms with Crippen LogP contribution in [0.4, 0.5) is 20.5 Å². The zero-order valence-corrected chi connectivity index (χ0v) is 23.8. The van der Waals surface area contributed by atoms with Gasteiger partial charge in [0.2, 0.25) is 5.78 Å². The van der Waals surface area contributed by atoms with Crippen LogP contribution in [0, 0.1) is 17.6 Å². The number of aromatic nitrogens is 2. The number of aryl methyl sites for hydroxylation is 1. The number of nitrogens with one attached hydrogen (secondary N) is 1. The van der Waals surface area contributed by atoms with Crippen LogP contribution in [0.2, 0.25) is 0 Å². The molecule has 0 aliphatic heterocycles. The van der Waals surface area contributed by atoms with E-state index in [0.29, 0.717) is 6.61 Å². The first-order valence-corrected chi connectivity index (χ1v) is 13.7. The molecule has 0 amide bonds. The van der Waals surface area contributed by atoms with Crippen molar-refractivity contribution < 1.29 is 37.1 Å². The van der Waals surface area contributed by atoms with Crippen molar-refractivity contribution >= 4 is 29.6 Å². The van der Waals surface area contributed by atoms with Crippen LogP contribution in [0.25, 0.3) is 11.1 Å². The fourth-order valence-corrected chi connectivity index (χ4v) is 4.33. The van der Waals surface area contributed by atoms with Gasteiger partial charge in [-0.1, -0.05) is 60.6 Å². The maximum Gasteiger partial charge on any atom is 0.373 e. The van der Waals surface area contributed by atoms with Gasteiger partial charge in [-0.3, -0.25) is 9.59 Å². The van der Waals surface area contributed by atoms with Gasteiger partial charge in [-0.15, -0.1) is 5.10 Å². The van der Waals surface area contributed by atoms with Gasteiger partial charge in [0.1, 0.15) is 0 Å². The lowest BCUT2D eigenvalue weighted by atomic mass is 9.96. The summed E-state index contributed by atoms with van der Waals surface area (Å²) in [6.45, 7) is 4.25. The number of anilines is 2. The number of hydrogen-bond acceptors (Lipinski definition) is 9. The number of ether oxygens (including phenoxy) is 1. The van der Waals surface area contributed by atoms with Gasteiger partial charge in [-0.05, 0) is 67.0 Å². The normalized spacial score (nSPS) is 11.1. The molecule has 0 aliphatic rings. The smallest absolute Gasteiger partial charge is 0.373 e. The van der Waals surface area contributed by atoms with E-state index in [1.165, 1.54) is 11.6 Å². The standard InChI is InChI=1S/C31H31F2N3O4.CO2/c1-3-22(30(38)39-4-2)7-5-6-20-8-12-23(13-9-20)24-14-10-21(11-15-24)18-28(37)29-35-36-31(40-29)34-25-16-17-26(32)27(33)19-25;2-1-3/h8-17,19,22H,3-7,18H2,1-2H3,(H,34,36);. The predicted octanol–water partition coefficient (Wildman–Crippen LogP) is 6.51. The number of carbonyl (C=O) groups excluding carboxylic acids is 4. The number of Topliss-reactive ketones (excluding diaryl/α,β-unsaturated/α-hetero) is 1. The lowest BCUT2D eigenvalue weighted by Gasteiger charge is -2.13. The fraction of sp³-hybridized carbons (Fsp3) is 0.281. The first-order chi connectivity index (χ1) is 20.8. The Hall–Kier alpha value is -5.02. The maximum atomic E-state index is 13.4. The van der Waals surface area contributed by atoms with Crippen molar-refractivity contribution in [2.45, 2.75) is 46.0 Å². The molecular weight excluding hydrogens is 560 g/mol. The largest absolute Gasteiger partial charge is 0.466 e. The predicted molar refractivity (Wildman–Crippen MR) is 152 cm³/mol. The molecule has 1 unspecified atom stereocenters. The van der Waals surface area contributed by atoms with Crippen LogP contribution in [0.1, 0.15) is 54.9 Å². The highest BCUT2D eigenvalue weighted by molar-refractivity contribution is 5.93. The summed E-state index contributed by atoms with van der Waals surface area (Å²) in [5.74, 6) is -2.69. The van der Waals surface area contributed by atoms with Crippen molar-refractivity contribution in [2.75, 3.05) is 11.9 Å². The molecule has 224 valence electrons. The summed E-state index contributed by atoms with van der Waals surface area (Å²) < 4.78 is 37.0. The van der Waals surface area contributed by atoms with Crippen LogP contribution >= 0.6 is 0 Å². The summed E-state index contributed by atoms with van der Waals surface area (Å²) >= 11 is 0. The average molecular weight is 592 g/mol. The van der Waals surface area contributed by atoms with Gasteiger partial charge in [0.05, 0.1) is 12.5 Å². The van der Waals surface area contributed by atoms with Gasteiger partial charge < -0.3 is 14.5 Å². The Bertz CT molecular complexity index is 1530. The number of benzene rings is 3. The molecule has 3 aromatic carbocycles. The van der Waals surface area contributed by atoms with Gasteiger partial charge >= 0.3 is 18.1 Å². The molecule has 0 radical (unpaired) electrons. The summed E-state index contributed by atoms with van der Waals surface area (Å²) in [6.07, 6.45) is 3.72. The van der Waals surface area contributed by atoms with Crippen LogP contribution in [-0.2, 0) is 32.0 Å². The number of esters is 1. The summed E-state index contributed by atoms with van der Waals surface area (Å²) in [6, 6.07) is 19.1. The molecule has 9 nitrogen and oxygen atoms in total. The SMILES string of the molecule is CCOC(=O)C(CC)CCCc1ccc(-c2ccc(CC(=O)c3nnc(Nc4ccc(F)c(F)c4)o3)cc2)cc1.O=C=O. The molecule has 1 atom stereocenters. The van der Waals surface area contributed by atoms with E-state index in [4.69, 9.17) is 18.7 Å². The lowest BCUT2D eigenvalue weighted by molar-refractivity contribution is -0.191. The Morgan fingerprint density at radius 3 is 2.12 bits per heavy atom. The van der Waals surface area contributed by atoms with E-state index in [9.17, 15) is 18.4 Å². The van der Waals surface area contributed by atoms with Crippen molar-refractivity contribution in [3.05, 3.63) is 95.4 Å². The van der Waals surface area contributed by atoms with Crippen molar-refractivity contribution in [1.29, 1.82) is 0 Å². The molecule has 0 fully saturated rings. The molecule has 4 aromatic rings. The van der Waals surface area contributed by atoms with E-state index in [-0.39, 0.29) is 47.8 Å². The molecule has 0 spiro atoms. The number of hydrogen-bond donors (Lipinski definition) is 1.